The van der Waals surface area contributed by atoms with Crippen LogP contribution in [0.3, 0.4) is 0 Å². The van der Waals surface area contributed by atoms with Crippen molar-refractivity contribution >= 4 is 0 Å². The van der Waals surface area contributed by atoms with E-state index in [9.17, 15) is 0 Å². The largest absolute Gasteiger partial charge is 0.497 e. The van der Waals surface area contributed by atoms with Gasteiger partial charge in [0, 0.05) is 6.04 Å². The Morgan fingerprint density at radius 3 is 2.47 bits per heavy atom. The molecule has 0 radical (unpaired) electrons. The van der Waals surface area contributed by atoms with Crippen molar-refractivity contribution in [2.24, 2.45) is 5.73 Å². The molecule has 0 aliphatic carbocycles. The number of hydrogen-bond acceptors (Lipinski definition) is 2. The quantitative estimate of drug-likeness (QED) is 0.824. The Labute approximate surface area is 92.4 Å². The van der Waals surface area contributed by atoms with Gasteiger partial charge in [0.15, 0.2) is 0 Å². The summed E-state index contributed by atoms with van der Waals surface area (Å²) < 4.78 is 5.19. The number of methoxy groups -OCH3 is 1. The normalized spacial score (nSPS) is 14.7. The van der Waals surface area contributed by atoms with Crippen LogP contribution in [-0.4, -0.2) is 13.2 Å². The van der Waals surface area contributed by atoms with Crippen LogP contribution in [0.25, 0.3) is 0 Å². The topological polar surface area (TPSA) is 35.2 Å². The molecule has 2 atom stereocenters. The zero-order valence-electron chi connectivity index (χ0n) is 10.1. The van der Waals surface area contributed by atoms with Gasteiger partial charge in [0.2, 0.25) is 0 Å². The summed E-state index contributed by atoms with van der Waals surface area (Å²) >= 11 is 0. The van der Waals surface area contributed by atoms with Crippen LogP contribution in [0, 0.1) is 6.92 Å². The monoisotopic (exact) mass is 207 g/mol. The van der Waals surface area contributed by atoms with E-state index in [1.54, 1.807) is 7.11 Å². The Kier molecular flexibility index (Phi) is 4.15. The molecule has 0 aliphatic heterocycles. The van der Waals surface area contributed by atoms with Gasteiger partial charge in [-0.05, 0) is 49.4 Å². The third kappa shape index (κ3) is 3.24. The molecule has 0 aromatic heterocycles. The van der Waals surface area contributed by atoms with Gasteiger partial charge < -0.3 is 10.5 Å². The van der Waals surface area contributed by atoms with Gasteiger partial charge in [0.1, 0.15) is 5.75 Å². The Bertz CT molecular complexity index is 320. The van der Waals surface area contributed by atoms with Crippen LogP contribution < -0.4 is 10.5 Å². The first kappa shape index (κ1) is 12.1. The van der Waals surface area contributed by atoms with Gasteiger partial charge in [0.05, 0.1) is 7.11 Å². The molecule has 2 unspecified atom stereocenters. The molecule has 0 aliphatic rings. The number of ether oxygens (including phenoxy) is 1. The molecule has 0 amide bonds. The van der Waals surface area contributed by atoms with Crippen molar-refractivity contribution in [1.82, 2.24) is 0 Å². The minimum atomic E-state index is 0.251. The molecule has 0 spiro atoms. The Balaban J connectivity index is 2.85. The lowest BCUT2D eigenvalue weighted by atomic mass is 9.91. The van der Waals surface area contributed by atoms with Crippen molar-refractivity contribution in [1.29, 1.82) is 0 Å². The lowest BCUT2D eigenvalue weighted by Crippen LogP contribution is -2.17. The SMILES string of the molecule is COc1ccc(C(C)CC(C)N)c(C)c1. The molecule has 1 aromatic rings. The molecule has 2 nitrogen and oxygen atoms in total. The Hall–Kier alpha value is -1.02. The Morgan fingerprint density at radius 2 is 2.00 bits per heavy atom. The number of nitrogens with two attached hydrogens (primary N) is 1. The van der Waals surface area contributed by atoms with Gasteiger partial charge in [-0.2, -0.15) is 0 Å². The minimum absolute atomic E-state index is 0.251. The summed E-state index contributed by atoms with van der Waals surface area (Å²) in [6, 6.07) is 6.48. The second kappa shape index (κ2) is 5.17. The molecule has 0 fully saturated rings. The van der Waals surface area contributed by atoms with Crippen molar-refractivity contribution in [3.05, 3.63) is 29.3 Å². The van der Waals surface area contributed by atoms with E-state index in [0.29, 0.717) is 5.92 Å². The van der Waals surface area contributed by atoms with E-state index in [-0.39, 0.29) is 6.04 Å². The van der Waals surface area contributed by atoms with Crippen LogP contribution in [0.5, 0.6) is 5.75 Å². The van der Waals surface area contributed by atoms with E-state index in [1.807, 2.05) is 6.07 Å². The smallest absolute Gasteiger partial charge is 0.119 e. The molecule has 0 heterocycles. The summed E-state index contributed by atoms with van der Waals surface area (Å²) in [5.74, 6) is 1.43. The molecule has 15 heavy (non-hydrogen) atoms. The van der Waals surface area contributed by atoms with E-state index in [2.05, 4.69) is 32.9 Å². The van der Waals surface area contributed by atoms with Crippen LogP contribution in [0.4, 0.5) is 0 Å². The predicted octanol–water partition coefficient (Wildman–Crippen LogP) is 2.84. The van der Waals surface area contributed by atoms with E-state index < -0.39 is 0 Å². The van der Waals surface area contributed by atoms with Crippen LogP contribution in [-0.2, 0) is 0 Å². The second-order valence-electron chi connectivity index (χ2n) is 4.34. The molecule has 2 heteroatoms. The lowest BCUT2D eigenvalue weighted by Gasteiger charge is -2.17. The predicted molar refractivity (Wildman–Crippen MR) is 64.4 cm³/mol. The average Bonchev–Trinajstić information content (AvgIpc) is 2.16. The van der Waals surface area contributed by atoms with E-state index in [1.165, 1.54) is 11.1 Å². The van der Waals surface area contributed by atoms with E-state index in [0.717, 1.165) is 12.2 Å². The van der Waals surface area contributed by atoms with Gasteiger partial charge in [0.25, 0.3) is 0 Å². The molecule has 0 saturated carbocycles. The van der Waals surface area contributed by atoms with Crippen molar-refractivity contribution in [3.63, 3.8) is 0 Å². The highest BCUT2D eigenvalue weighted by molar-refractivity contribution is 5.36. The van der Waals surface area contributed by atoms with Crippen LogP contribution >= 0.6 is 0 Å². The molecule has 1 rings (SSSR count). The first-order valence-electron chi connectivity index (χ1n) is 5.44. The minimum Gasteiger partial charge on any atom is -0.497 e. The first-order valence-corrected chi connectivity index (χ1v) is 5.44. The van der Waals surface area contributed by atoms with Gasteiger partial charge >= 0.3 is 0 Å². The fraction of sp³-hybridized carbons (Fsp3) is 0.538. The second-order valence-corrected chi connectivity index (χ2v) is 4.34. The Morgan fingerprint density at radius 1 is 1.33 bits per heavy atom. The third-order valence-electron chi connectivity index (χ3n) is 2.73. The number of benzene rings is 1. The summed E-state index contributed by atoms with van der Waals surface area (Å²) in [6.45, 7) is 6.39. The van der Waals surface area contributed by atoms with E-state index >= 15 is 0 Å². The van der Waals surface area contributed by atoms with Gasteiger partial charge in [-0.3, -0.25) is 0 Å². The zero-order chi connectivity index (χ0) is 11.4. The standard InChI is InChI=1S/C13H21NO/c1-9(7-11(3)14)13-6-5-12(15-4)8-10(13)2/h5-6,8-9,11H,7,14H2,1-4H3. The summed E-state index contributed by atoms with van der Waals surface area (Å²) in [4.78, 5) is 0. The van der Waals surface area contributed by atoms with Gasteiger partial charge in [-0.15, -0.1) is 0 Å². The molecule has 0 saturated heterocycles. The number of hydrogen-bond donors (Lipinski definition) is 1. The third-order valence-corrected chi connectivity index (χ3v) is 2.73. The van der Waals surface area contributed by atoms with Crippen LogP contribution in [0.15, 0.2) is 18.2 Å². The highest BCUT2D eigenvalue weighted by atomic mass is 16.5. The maximum absolute atomic E-state index is 5.81. The lowest BCUT2D eigenvalue weighted by molar-refractivity contribution is 0.414. The average molecular weight is 207 g/mol. The fourth-order valence-corrected chi connectivity index (χ4v) is 2.01. The molecular weight excluding hydrogens is 186 g/mol. The molecule has 2 N–H and O–H groups in total. The highest BCUT2D eigenvalue weighted by Crippen LogP contribution is 2.26. The number of aryl methyl sites for hydroxylation is 1. The van der Waals surface area contributed by atoms with E-state index in [4.69, 9.17) is 10.5 Å². The first-order chi connectivity index (χ1) is 7.04. The molecular formula is C13H21NO. The van der Waals surface area contributed by atoms with Gasteiger partial charge in [-0.1, -0.05) is 13.0 Å². The molecule has 1 aromatic carbocycles. The van der Waals surface area contributed by atoms with Crippen LogP contribution in [0.2, 0.25) is 0 Å². The van der Waals surface area contributed by atoms with Crippen molar-refractivity contribution < 1.29 is 4.74 Å². The summed E-state index contributed by atoms with van der Waals surface area (Å²) in [7, 11) is 1.69. The van der Waals surface area contributed by atoms with Crippen molar-refractivity contribution in [2.45, 2.75) is 39.2 Å². The summed E-state index contributed by atoms with van der Waals surface area (Å²) in [5, 5.41) is 0. The highest BCUT2D eigenvalue weighted by Gasteiger charge is 2.10. The maximum atomic E-state index is 5.81. The van der Waals surface area contributed by atoms with Crippen molar-refractivity contribution in [3.8, 4) is 5.75 Å². The van der Waals surface area contributed by atoms with Crippen molar-refractivity contribution in [2.75, 3.05) is 7.11 Å². The number of rotatable bonds is 4. The van der Waals surface area contributed by atoms with Crippen LogP contribution in [0.1, 0.15) is 37.3 Å². The molecule has 0 bridgehead atoms. The zero-order valence-corrected chi connectivity index (χ0v) is 10.1. The summed E-state index contributed by atoms with van der Waals surface area (Å²) in [5.41, 5.74) is 8.46. The maximum Gasteiger partial charge on any atom is 0.119 e. The molecule has 84 valence electrons. The van der Waals surface area contributed by atoms with Gasteiger partial charge in [-0.25, -0.2) is 0 Å². The fourth-order valence-electron chi connectivity index (χ4n) is 2.01. The summed E-state index contributed by atoms with van der Waals surface area (Å²) in [6.07, 6.45) is 1.02.